The number of nitrogens with zero attached hydrogens (tertiary/aromatic N) is 1. The fourth-order valence-electron chi connectivity index (χ4n) is 2.70. The van der Waals surface area contributed by atoms with Gasteiger partial charge in [-0.15, -0.1) is 0 Å². The second-order valence-electron chi connectivity index (χ2n) is 7.82. The summed E-state index contributed by atoms with van der Waals surface area (Å²) in [6.07, 6.45) is 4.07. The molecule has 0 aromatic heterocycles. The highest BCUT2D eigenvalue weighted by Gasteiger charge is 2.39. The Balaban J connectivity index is 2.73. The molecule has 1 rings (SSSR count). The molecule has 96 valence electrons. The second-order valence-corrected chi connectivity index (χ2v) is 7.82. The molecule has 0 spiro atoms. The maximum Gasteiger partial charge on any atom is 0.0125 e. The average molecular weight is 225 g/mol. The van der Waals surface area contributed by atoms with Crippen LogP contribution in [0.1, 0.15) is 67.7 Å². The molecule has 0 amide bonds. The van der Waals surface area contributed by atoms with Crippen LogP contribution in [-0.4, -0.2) is 23.5 Å². The van der Waals surface area contributed by atoms with Crippen molar-refractivity contribution in [3.05, 3.63) is 0 Å². The first-order valence-electron chi connectivity index (χ1n) is 6.81. The first-order chi connectivity index (χ1) is 7.06. The van der Waals surface area contributed by atoms with Gasteiger partial charge < -0.3 is 0 Å². The molecule has 0 aromatic rings. The van der Waals surface area contributed by atoms with Crippen molar-refractivity contribution < 1.29 is 0 Å². The molecule has 1 heteroatoms. The van der Waals surface area contributed by atoms with Gasteiger partial charge in [-0.3, -0.25) is 4.90 Å². The zero-order valence-corrected chi connectivity index (χ0v) is 12.5. The van der Waals surface area contributed by atoms with Gasteiger partial charge in [-0.05, 0) is 64.0 Å². The molecule has 1 unspecified atom stereocenters. The highest BCUT2D eigenvalue weighted by Crippen LogP contribution is 2.46. The minimum Gasteiger partial charge on any atom is -0.298 e. The van der Waals surface area contributed by atoms with Crippen LogP contribution in [0, 0.1) is 10.8 Å². The van der Waals surface area contributed by atoms with Crippen molar-refractivity contribution >= 4 is 0 Å². The van der Waals surface area contributed by atoms with E-state index < -0.39 is 0 Å². The van der Waals surface area contributed by atoms with Gasteiger partial charge >= 0.3 is 0 Å². The van der Waals surface area contributed by atoms with Gasteiger partial charge in [0, 0.05) is 5.54 Å². The van der Waals surface area contributed by atoms with Gasteiger partial charge in [0.2, 0.25) is 0 Å². The van der Waals surface area contributed by atoms with Crippen molar-refractivity contribution in [3.8, 4) is 0 Å². The topological polar surface area (TPSA) is 3.24 Å². The second kappa shape index (κ2) is 4.33. The molecule has 1 nitrogen and oxygen atoms in total. The van der Waals surface area contributed by atoms with Crippen LogP contribution < -0.4 is 0 Å². The van der Waals surface area contributed by atoms with E-state index in [1.54, 1.807) is 0 Å². The summed E-state index contributed by atoms with van der Waals surface area (Å²) < 4.78 is 0. The highest BCUT2D eigenvalue weighted by molar-refractivity contribution is 4.91. The van der Waals surface area contributed by atoms with E-state index in [-0.39, 0.29) is 0 Å². The molecule has 16 heavy (non-hydrogen) atoms. The third kappa shape index (κ3) is 3.00. The Hall–Kier alpha value is -0.0400. The van der Waals surface area contributed by atoms with Crippen molar-refractivity contribution in [2.75, 3.05) is 13.1 Å². The monoisotopic (exact) mass is 225 g/mol. The summed E-state index contributed by atoms with van der Waals surface area (Å²) in [4.78, 5) is 2.66. The lowest BCUT2D eigenvalue weighted by molar-refractivity contribution is 0.0777. The molecular weight excluding hydrogens is 194 g/mol. The summed E-state index contributed by atoms with van der Waals surface area (Å²) in [6, 6.07) is 0. The van der Waals surface area contributed by atoms with Gasteiger partial charge in [-0.25, -0.2) is 0 Å². The first kappa shape index (κ1) is 14.0. The lowest BCUT2D eigenvalue weighted by Gasteiger charge is -2.42. The van der Waals surface area contributed by atoms with Gasteiger partial charge in [-0.2, -0.15) is 0 Å². The summed E-state index contributed by atoms with van der Waals surface area (Å²) >= 11 is 0. The molecule has 0 N–H and O–H groups in total. The molecule has 1 aliphatic rings. The summed E-state index contributed by atoms with van der Waals surface area (Å²) in [6.45, 7) is 19.2. The van der Waals surface area contributed by atoms with Gasteiger partial charge in [0.1, 0.15) is 0 Å². The average Bonchev–Trinajstić information content (AvgIpc) is 2.25. The maximum atomic E-state index is 2.66. The van der Waals surface area contributed by atoms with Crippen LogP contribution in [0.2, 0.25) is 0 Å². The van der Waals surface area contributed by atoms with E-state index in [2.05, 4.69) is 53.4 Å². The smallest absolute Gasteiger partial charge is 0.0125 e. The molecule has 0 aromatic carbocycles. The Labute approximate surface area is 103 Å². The predicted octanol–water partition coefficient (Wildman–Crippen LogP) is 4.32. The molecule has 1 saturated heterocycles. The zero-order valence-electron chi connectivity index (χ0n) is 12.5. The lowest BCUT2D eigenvalue weighted by Crippen LogP contribution is -2.42. The third-order valence-corrected chi connectivity index (χ3v) is 4.85. The number of likely N-dealkylation sites (tertiary alicyclic amines) is 1. The minimum atomic E-state index is 0.336. The molecule has 0 saturated carbocycles. The van der Waals surface area contributed by atoms with E-state index in [4.69, 9.17) is 0 Å². The largest absolute Gasteiger partial charge is 0.298 e. The van der Waals surface area contributed by atoms with E-state index in [9.17, 15) is 0 Å². The van der Waals surface area contributed by atoms with Crippen LogP contribution in [0.15, 0.2) is 0 Å². The van der Waals surface area contributed by atoms with Gasteiger partial charge in [0.25, 0.3) is 0 Å². The molecule has 0 bridgehead atoms. The van der Waals surface area contributed by atoms with Crippen molar-refractivity contribution in [1.82, 2.24) is 4.90 Å². The van der Waals surface area contributed by atoms with Gasteiger partial charge in [0.05, 0.1) is 0 Å². The number of rotatable bonds is 0. The standard InChI is InChI=1S/C15H31N/c1-13(2,3)15(7)9-8-11-16(12-10-15)14(4,5)6/h8-12H2,1-7H3. The summed E-state index contributed by atoms with van der Waals surface area (Å²) in [5.74, 6) is 0. The SMILES string of the molecule is CC(C)(C)N1CCCC(C)(C(C)(C)C)CC1. The summed E-state index contributed by atoms with van der Waals surface area (Å²) in [5.41, 5.74) is 1.27. The molecule has 1 atom stereocenters. The quantitative estimate of drug-likeness (QED) is 0.593. The molecule has 1 fully saturated rings. The van der Waals surface area contributed by atoms with Crippen LogP contribution in [0.3, 0.4) is 0 Å². The Morgan fingerprint density at radius 3 is 1.88 bits per heavy atom. The Morgan fingerprint density at radius 1 is 0.875 bits per heavy atom. The highest BCUT2D eigenvalue weighted by atomic mass is 15.2. The zero-order chi connectivity index (χ0) is 12.6. The fraction of sp³-hybridized carbons (Fsp3) is 1.00. The van der Waals surface area contributed by atoms with Gasteiger partial charge in [-0.1, -0.05) is 27.7 Å². The van der Waals surface area contributed by atoms with Crippen LogP contribution in [0.5, 0.6) is 0 Å². The van der Waals surface area contributed by atoms with E-state index in [0.717, 1.165) is 0 Å². The Bertz CT molecular complexity index is 231. The normalized spacial score (nSPS) is 30.2. The van der Waals surface area contributed by atoms with E-state index in [0.29, 0.717) is 16.4 Å². The fourth-order valence-corrected chi connectivity index (χ4v) is 2.70. The molecule has 0 radical (unpaired) electrons. The summed E-state index contributed by atoms with van der Waals surface area (Å²) in [5, 5.41) is 0. The van der Waals surface area contributed by atoms with E-state index in [1.807, 2.05) is 0 Å². The maximum absolute atomic E-state index is 2.66. The molecule has 0 aliphatic carbocycles. The van der Waals surface area contributed by atoms with Crippen molar-refractivity contribution in [2.45, 2.75) is 73.3 Å². The van der Waals surface area contributed by atoms with Crippen LogP contribution >= 0.6 is 0 Å². The summed E-state index contributed by atoms with van der Waals surface area (Å²) in [7, 11) is 0. The molecular formula is C15H31N. The third-order valence-electron chi connectivity index (χ3n) is 4.85. The molecule has 1 heterocycles. The molecule has 1 aliphatic heterocycles. The van der Waals surface area contributed by atoms with Crippen molar-refractivity contribution in [1.29, 1.82) is 0 Å². The number of hydrogen-bond donors (Lipinski definition) is 0. The van der Waals surface area contributed by atoms with Crippen LogP contribution in [-0.2, 0) is 0 Å². The lowest BCUT2D eigenvalue weighted by atomic mass is 9.64. The Kier molecular flexibility index (Phi) is 3.79. The van der Waals surface area contributed by atoms with E-state index >= 15 is 0 Å². The first-order valence-corrected chi connectivity index (χ1v) is 6.81. The van der Waals surface area contributed by atoms with E-state index in [1.165, 1.54) is 32.4 Å². The minimum absolute atomic E-state index is 0.336. The van der Waals surface area contributed by atoms with Gasteiger partial charge in [0.15, 0.2) is 0 Å². The van der Waals surface area contributed by atoms with Crippen molar-refractivity contribution in [2.24, 2.45) is 10.8 Å². The van der Waals surface area contributed by atoms with Crippen molar-refractivity contribution in [3.63, 3.8) is 0 Å². The predicted molar refractivity (Wildman–Crippen MR) is 72.7 cm³/mol. The van der Waals surface area contributed by atoms with Crippen LogP contribution in [0.4, 0.5) is 0 Å². The number of hydrogen-bond acceptors (Lipinski definition) is 1. The van der Waals surface area contributed by atoms with Crippen LogP contribution in [0.25, 0.3) is 0 Å². The Morgan fingerprint density at radius 2 is 1.44 bits per heavy atom.